The van der Waals surface area contributed by atoms with Gasteiger partial charge in [0.15, 0.2) is 0 Å². The van der Waals surface area contributed by atoms with Crippen molar-refractivity contribution in [2.45, 2.75) is 124 Å². The second-order valence-corrected chi connectivity index (χ2v) is 8.48. The topological polar surface area (TPSA) is 12.0 Å². The Morgan fingerprint density at radius 1 is 0.593 bits per heavy atom. The molecule has 0 aliphatic heterocycles. The maximum absolute atomic E-state index is 3.60. The normalized spacial score (nSPS) is 11.1. The summed E-state index contributed by atoms with van der Waals surface area (Å²) >= 11 is 0. The molecule has 1 aromatic rings. The molecule has 0 amide bonds. The van der Waals surface area contributed by atoms with Crippen LogP contribution >= 0.6 is 0 Å². The minimum absolute atomic E-state index is 1.11. The fourth-order valence-corrected chi connectivity index (χ4v) is 3.84. The van der Waals surface area contributed by atoms with Crippen LogP contribution in [0.1, 0.15) is 121 Å². The molecule has 0 fully saturated rings. The first kappa shape index (κ1) is 24.1. The third-order valence-corrected chi connectivity index (χ3v) is 5.95. The highest BCUT2D eigenvalue weighted by Crippen LogP contribution is 2.18. The lowest BCUT2D eigenvalue weighted by Gasteiger charge is -2.11. The van der Waals surface area contributed by atoms with Gasteiger partial charge < -0.3 is 5.32 Å². The van der Waals surface area contributed by atoms with Crippen molar-refractivity contribution in [1.82, 2.24) is 0 Å². The molecule has 27 heavy (non-hydrogen) atoms. The van der Waals surface area contributed by atoms with E-state index in [4.69, 9.17) is 0 Å². The van der Waals surface area contributed by atoms with Gasteiger partial charge in [-0.15, -0.1) is 0 Å². The molecule has 1 rings (SSSR count). The molecule has 1 nitrogen and oxygen atoms in total. The van der Waals surface area contributed by atoms with E-state index in [1.807, 2.05) is 0 Å². The Hall–Kier alpha value is -0.980. The molecule has 0 aliphatic carbocycles. The van der Waals surface area contributed by atoms with Gasteiger partial charge >= 0.3 is 0 Å². The fraction of sp³-hybridized carbons (Fsp3) is 0.769. The Balaban J connectivity index is 1.79. The summed E-state index contributed by atoms with van der Waals surface area (Å²) in [6, 6.07) is 6.54. The predicted octanol–water partition coefficient (Wildman–Crippen LogP) is 8.98. The van der Waals surface area contributed by atoms with Gasteiger partial charge in [0, 0.05) is 12.2 Å². The van der Waals surface area contributed by atoms with Crippen molar-refractivity contribution in [3.63, 3.8) is 0 Å². The number of benzene rings is 1. The van der Waals surface area contributed by atoms with E-state index < -0.39 is 0 Å². The van der Waals surface area contributed by atoms with Crippen LogP contribution in [0.3, 0.4) is 0 Å². The summed E-state index contributed by atoms with van der Waals surface area (Å²) in [6.07, 6.45) is 22.9. The van der Waals surface area contributed by atoms with Crippen LogP contribution in [0, 0.1) is 13.8 Å². The zero-order chi connectivity index (χ0) is 19.6. The Kier molecular flexibility index (Phi) is 15.3. The number of nitrogens with one attached hydrogen (secondary N) is 1. The Morgan fingerprint density at radius 2 is 1.04 bits per heavy atom. The number of rotatable bonds is 18. The molecule has 0 radical (unpaired) electrons. The fourth-order valence-electron chi connectivity index (χ4n) is 3.84. The van der Waals surface area contributed by atoms with Crippen molar-refractivity contribution in [2.75, 3.05) is 11.9 Å². The number of hydrogen-bond donors (Lipinski definition) is 1. The van der Waals surface area contributed by atoms with Crippen LogP contribution < -0.4 is 5.32 Å². The summed E-state index contributed by atoms with van der Waals surface area (Å²) in [7, 11) is 0. The summed E-state index contributed by atoms with van der Waals surface area (Å²) < 4.78 is 0. The summed E-state index contributed by atoms with van der Waals surface area (Å²) in [5.74, 6) is 0. The lowest BCUT2D eigenvalue weighted by Crippen LogP contribution is -2.03. The molecule has 1 heteroatoms. The molecule has 0 aromatic heterocycles. The monoisotopic (exact) mass is 373 g/mol. The predicted molar refractivity (Wildman–Crippen MR) is 124 cm³/mol. The SMILES string of the molecule is CCCCCCCCCCCCCCCCCCNc1cccc(C)c1C. The van der Waals surface area contributed by atoms with Crippen molar-refractivity contribution < 1.29 is 0 Å². The van der Waals surface area contributed by atoms with Crippen LogP contribution in [0.25, 0.3) is 0 Å². The number of aryl methyl sites for hydroxylation is 1. The van der Waals surface area contributed by atoms with Crippen LogP contribution in [-0.2, 0) is 0 Å². The van der Waals surface area contributed by atoms with Crippen molar-refractivity contribution >= 4 is 5.69 Å². The van der Waals surface area contributed by atoms with Gasteiger partial charge in [-0.1, -0.05) is 115 Å². The van der Waals surface area contributed by atoms with Crippen molar-refractivity contribution in [3.05, 3.63) is 29.3 Å². The zero-order valence-electron chi connectivity index (χ0n) is 18.8. The Bertz CT molecular complexity index is 452. The van der Waals surface area contributed by atoms with Crippen LogP contribution in [0.5, 0.6) is 0 Å². The van der Waals surface area contributed by atoms with E-state index in [9.17, 15) is 0 Å². The third-order valence-electron chi connectivity index (χ3n) is 5.95. The van der Waals surface area contributed by atoms with Gasteiger partial charge in [-0.25, -0.2) is 0 Å². The molecule has 1 N–H and O–H groups in total. The highest BCUT2D eigenvalue weighted by molar-refractivity contribution is 5.53. The molecule has 0 spiro atoms. The minimum Gasteiger partial charge on any atom is -0.385 e. The van der Waals surface area contributed by atoms with Gasteiger partial charge in [-0.3, -0.25) is 0 Å². The molecule has 156 valence electrons. The Labute approximate surface area is 170 Å². The highest BCUT2D eigenvalue weighted by Gasteiger charge is 1.99. The first-order chi connectivity index (χ1) is 13.3. The average molecular weight is 374 g/mol. The van der Waals surface area contributed by atoms with Crippen LogP contribution in [0.15, 0.2) is 18.2 Å². The first-order valence-electron chi connectivity index (χ1n) is 12.1. The molecular formula is C26H47N. The van der Waals surface area contributed by atoms with E-state index in [0.29, 0.717) is 0 Å². The third kappa shape index (κ3) is 12.9. The lowest BCUT2D eigenvalue weighted by atomic mass is 10.0. The van der Waals surface area contributed by atoms with E-state index in [0.717, 1.165) is 6.54 Å². The van der Waals surface area contributed by atoms with Crippen molar-refractivity contribution in [1.29, 1.82) is 0 Å². The summed E-state index contributed by atoms with van der Waals surface area (Å²) in [6.45, 7) is 7.81. The van der Waals surface area contributed by atoms with Crippen molar-refractivity contribution in [2.24, 2.45) is 0 Å². The molecular weight excluding hydrogens is 326 g/mol. The van der Waals surface area contributed by atoms with Gasteiger partial charge in [-0.2, -0.15) is 0 Å². The molecule has 0 saturated heterocycles. The largest absolute Gasteiger partial charge is 0.385 e. The summed E-state index contributed by atoms with van der Waals surface area (Å²) in [4.78, 5) is 0. The van der Waals surface area contributed by atoms with E-state index in [1.54, 1.807) is 0 Å². The first-order valence-corrected chi connectivity index (χ1v) is 12.1. The minimum atomic E-state index is 1.11. The molecule has 0 saturated carbocycles. The van der Waals surface area contributed by atoms with E-state index in [1.165, 1.54) is 120 Å². The Morgan fingerprint density at radius 3 is 1.52 bits per heavy atom. The second-order valence-electron chi connectivity index (χ2n) is 8.48. The number of unbranched alkanes of at least 4 members (excludes halogenated alkanes) is 15. The molecule has 0 atom stereocenters. The molecule has 0 heterocycles. The maximum Gasteiger partial charge on any atom is 0.0372 e. The quantitative estimate of drug-likeness (QED) is 0.253. The van der Waals surface area contributed by atoms with E-state index in [2.05, 4.69) is 44.3 Å². The smallest absolute Gasteiger partial charge is 0.0372 e. The zero-order valence-corrected chi connectivity index (χ0v) is 18.8. The van der Waals surface area contributed by atoms with Gasteiger partial charge in [0.2, 0.25) is 0 Å². The summed E-state index contributed by atoms with van der Waals surface area (Å²) in [5.41, 5.74) is 4.09. The lowest BCUT2D eigenvalue weighted by molar-refractivity contribution is 0.530. The van der Waals surface area contributed by atoms with E-state index >= 15 is 0 Å². The van der Waals surface area contributed by atoms with Crippen LogP contribution in [-0.4, -0.2) is 6.54 Å². The van der Waals surface area contributed by atoms with Crippen molar-refractivity contribution in [3.8, 4) is 0 Å². The highest BCUT2D eigenvalue weighted by atomic mass is 14.9. The number of anilines is 1. The van der Waals surface area contributed by atoms with Gasteiger partial charge in [-0.05, 0) is 37.5 Å². The second kappa shape index (κ2) is 17.1. The van der Waals surface area contributed by atoms with Gasteiger partial charge in [0.05, 0.1) is 0 Å². The maximum atomic E-state index is 3.60. The van der Waals surface area contributed by atoms with Crippen LogP contribution in [0.4, 0.5) is 5.69 Å². The molecule has 0 aliphatic rings. The summed E-state index contributed by atoms with van der Waals surface area (Å²) in [5, 5.41) is 3.60. The molecule has 0 bridgehead atoms. The van der Waals surface area contributed by atoms with Crippen LogP contribution in [0.2, 0.25) is 0 Å². The standard InChI is InChI=1S/C26H47N/c1-4-5-6-7-8-9-10-11-12-13-14-15-16-17-18-19-23-27-26-22-20-21-24(2)25(26)3/h20-22,27H,4-19,23H2,1-3H3. The van der Waals surface area contributed by atoms with E-state index in [-0.39, 0.29) is 0 Å². The average Bonchev–Trinajstić information content (AvgIpc) is 2.67. The molecule has 0 unspecified atom stereocenters. The van der Waals surface area contributed by atoms with Gasteiger partial charge in [0.1, 0.15) is 0 Å². The van der Waals surface area contributed by atoms with Gasteiger partial charge in [0.25, 0.3) is 0 Å². The molecule has 1 aromatic carbocycles. The number of hydrogen-bond acceptors (Lipinski definition) is 1.